The van der Waals surface area contributed by atoms with Crippen molar-refractivity contribution < 1.29 is 13.2 Å². The number of halogens is 4. The highest BCUT2D eigenvalue weighted by Crippen LogP contribution is 2.35. The fourth-order valence-electron chi connectivity index (χ4n) is 4.03. The average Bonchev–Trinajstić information content (AvgIpc) is 3.17. The molecule has 1 heterocycles. The molecule has 1 amide bonds. The molecule has 1 N–H and O–H groups in total. The monoisotopic (exact) mass is 622 g/mol. The first-order valence-electron chi connectivity index (χ1n) is 11.5. The van der Waals surface area contributed by atoms with E-state index in [9.17, 15) is 13.2 Å². The molecule has 202 valence electrons. The first-order valence-corrected chi connectivity index (χ1v) is 14.4. The number of aromatic nitrogens is 1. The summed E-state index contributed by atoms with van der Waals surface area (Å²) in [5.74, 6) is -0.683. The van der Waals surface area contributed by atoms with Crippen molar-refractivity contribution >= 4 is 74.2 Å². The summed E-state index contributed by atoms with van der Waals surface area (Å²) in [6.45, 7) is 3.22. The van der Waals surface area contributed by atoms with Crippen LogP contribution in [0.5, 0.6) is 0 Å². The van der Waals surface area contributed by atoms with Crippen LogP contribution in [0.2, 0.25) is 20.1 Å². The molecule has 12 heteroatoms. The van der Waals surface area contributed by atoms with Crippen molar-refractivity contribution in [2.45, 2.75) is 18.7 Å². The number of hydrogen-bond donors (Lipinski definition) is 1. The van der Waals surface area contributed by atoms with Crippen LogP contribution in [0.1, 0.15) is 17.0 Å². The van der Waals surface area contributed by atoms with Gasteiger partial charge in [-0.15, -0.1) is 0 Å². The van der Waals surface area contributed by atoms with Gasteiger partial charge in [0.15, 0.2) is 0 Å². The van der Waals surface area contributed by atoms with E-state index in [1.807, 2.05) is 24.5 Å². The summed E-state index contributed by atoms with van der Waals surface area (Å²) >= 11 is 24.8. The predicted molar refractivity (Wildman–Crippen MR) is 158 cm³/mol. The van der Waals surface area contributed by atoms with Crippen molar-refractivity contribution in [3.63, 3.8) is 0 Å². The van der Waals surface area contributed by atoms with E-state index < -0.39 is 22.5 Å². The van der Waals surface area contributed by atoms with E-state index in [1.165, 1.54) is 30.5 Å². The molecule has 7 nitrogen and oxygen atoms in total. The molecule has 4 rings (SSSR count). The zero-order valence-electron chi connectivity index (χ0n) is 20.7. The van der Waals surface area contributed by atoms with Gasteiger partial charge in [-0.25, -0.2) is 13.8 Å². The van der Waals surface area contributed by atoms with Gasteiger partial charge < -0.3 is 4.57 Å². The number of anilines is 1. The van der Waals surface area contributed by atoms with Crippen LogP contribution in [-0.2, 0) is 14.8 Å². The Bertz CT molecular complexity index is 1650. The zero-order valence-corrected chi connectivity index (χ0v) is 24.5. The van der Waals surface area contributed by atoms with Crippen molar-refractivity contribution in [1.29, 1.82) is 0 Å². The van der Waals surface area contributed by atoms with Crippen molar-refractivity contribution in [2.24, 2.45) is 5.10 Å². The second-order valence-corrected chi connectivity index (χ2v) is 12.0. The van der Waals surface area contributed by atoms with Gasteiger partial charge in [0.05, 0.1) is 26.8 Å². The highest BCUT2D eigenvalue weighted by atomic mass is 35.5. The van der Waals surface area contributed by atoms with Gasteiger partial charge in [-0.2, -0.15) is 5.10 Å². The summed E-state index contributed by atoms with van der Waals surface area (Å²) in [6.07, 6.45) is 1.48. The third-order valence-electron chi connectivity index (χ3n) is 5.79. The number of hydrogen-bond acceptors (Lipinski definition) is 4. The van der Waals surface area contributed by atoms with Gasteiger partial charge in [-0.05, 0) is 62.4 Å². The topological polar surface area (TPSA) is 83.8 Å². The summed E-state index contributed by atoms with van der Waals surface area (Å²) in [5.41, 5.74) is 5.71. The summed E-state index contributed by atoms with van der Waals surface area (Å²) < 4.78 is 29.8. The zero-order chi connectivity index (χ0) is 28.3. The Morgan fingerprint density at radius 2 is 1.62 bits per heavy atom. The fraction of sp³-hybridized carbons (Fsp3) is 0.111. The highest BCUT2D eigenvalue weighted by Gasteiger charge is 2.29. The van der Waals surface area contributed by atoms with Crippen LogP contribution in [0.15, 0.2) is 82.8 Å². The lowest BCUT2D eigenvalue weighted by Crippen LogP contribution is -2.39. The number of carbonyl (C=O) groups excluding carboxylic acids is 1. The Morgan fingerprint density at radius 1 is 0.949 bits per heavy atom. The predicted octanol–water partition coefficient (Wildman–Crippen LogP) is 7.05. The van der Waals surface area contributed by atoms with Gasteiger partial charge in [0.1, 0.15) is 6.54 Å². The van der Waals surface area contributed by atoms with E-state index in [4.69, 9.17) is 46.4 Å². The lowest BCUT2D eigenvalue weighted by molar-refractivity contribution is -0.119. The summed E-state index contributed by atoms with van der Waals surface area (Å²) in [4.78, 5) is 12.9. The van der Waals surface area contributed by atoms with Crippen molar-refractivity contribution in [2.75, 3.05) is 10.8 Å². The number of nitrogens with one attached hydrogen (secondary N) is 1. The first kappa shape index (κ1) is 29.0. The van der Waals surface area contributed by atoms with E-state index in [0.29, 0.717) is 10.0 Å². The van der Waals surface area contributed by atoms with E-state index in [2.05, 4.69) is 10.5 Å². The standard InChI is InChI=1S/C27H22Cl4N4O3S/c1-17-11-19(18(2)35(17)22-13-20(28)12-21(29)14-22)15-32-33-26(36)16-34(25-10-6-9-24(30)27(25)31)39(37,38)23-7-4-3-5-8-23/h3-15H,16H2,1-2H3,(H,33,36)/b32-15-. The van der Waals surface area contributed by atoms with Gasteiger partial charge in [0.2, 0.25) is 0 Å². The molecule has 0 saturated heterocycles. The maximum absolute atomic E-state index is 13.5. The number of amides is 1. The average molecular weight is 624 g/mol. The molecular weight excluding hydrogens is 602 g/mol. The van der Waals surface area contributed by atoms with E-state index in [1.54, 1.807) is 42.5 Å². The minimum atomic E-state index is -4.16. The molecule has 3 aromatic carbocycles. The quantitative estimate of drug-likeness (QED) is 0.169. The van der Waals surface area contributed by atoms with Crippen LogP contribution in [0.4, 0.5) is 5.69 Å². The minimum absolute atomic E-state index is 0.00327. The molecule has 0 radical (unpaired) electrons. The summed E-state index contributed by atoms with van der Waals surface area (Å²) in [7, 11) is -4.16. The van der Waals surface area contributed by atoms with Gasteiger partial charge in [-0.1, -0.05) is 70.7 Å². The van der Waals surface area contributed by atoms with Crippen molar-refractivity contribution in [1.82, 2.24) is 9.99 Å². The summed E-state index contributed by atoms with van der Waals surface area (Å²) in [5, 5.41) is 5.21. The SMILES string of the molecule is Cc1cc(/C=N\NC(=O)CN(c2cccc(Cl)c2Cl)S(=O)(=O)c2ccccc2)c(C)n1-c1cc(Cl)cc(Cl)c1. The Morgan fingerprint density at radius 3 is 2.28 bits per heavy atom. The highest BCUT2D eigenvalue weighted by molar-refractivity contribution is 7.92. The molecule has 1 aromatic heterocycles. The number of hydrazone groups is 1. The Kier molecular flexibility index (Phi) is 8.93. The molecule has 0 unspecified atom stereocenters. The van der Waals surface area contributed by atoms with Crippen molar-refractivity contribution in [3.8, 4) is 5.69 Å². The Labute approximate surface area is 246 Å². The maximum Gasteiger partial charge on any atom is 0.264 e. The van der Waals surface area contributed by atoms with Crippen LogP contribution in [-0.4, -0.2) is 31.7 Å². The minimum Gasteiger partial charge on any atom is -0.318 e. The van der Waals surface area contributed by atoms with E-state index >= 15 is 0 Å². The largest absolute Gasteiger partial charge is 0.318 e. The lowest BCUT2D eigenvalue weighted by Gasteiger charge is -2.24. The molecule has 0 bridgehead atoms. The summed E-state index contributed by atoms with van der Waals surface area (Å²) in [6, 6.07) is 19.4. The maximum atomic E-state index is 13.5. The number of sulfonamides is 1. The van der Waals surface area contributed by atoms with Crippen LogP contribution in [0, 0.1) is 13.8 Å². The molecule has 0 spiro atoms. The lowest BCUT2D eigenvalue weighted by atomic mass is 10.2. The molecule has 39 heavy (non-hydrogen) atoms. The van der Waals surface area contributed by atoms with Crippen LogP contribution < -0.4 is 9.73 Å². The Balaban J connectivity index is 1.58. The van der Waals surface area contributed by atoms with E-state index in [0.717, 1.165) is 26.9 Å². The van der Waals surface area contributed by atoms with Crippen LogP contribution >= 0.6 is 46.4 Å². The molecular formula is C27H22Cl4N4O3S. The van der Waals surface area contributed by atoms with E-state index in [-0.39, 0.29) is 20.6 Å². The van der Waals surface area contributed by atoms with Gasteiger partial charge in [-0.3, -0.25) is 9.10 Å². The fourth-order valence-corrected chi connectivity index (χ4v) is 6.44. The molecule has 0 aliphatic rings. The van der Waals surface area contributed by atoms with Gasteiger partial charge in [0.25, 0.3) is 15.9 Å². The van der Waals surface area contributed by atoms with Gasteiger partial charge >= 0.3 is 0 Å². The number of carbonyl (C=O) groups is 1. The van der Waals surface area contributed by atoms with Crippen LogP contribution in [0.3, 0.4) is 0 Å². The normalized spacial score (nSPS) is 11.6. The molecule has 0 aliphatic carbocycles. The molecule has 4 aromatic rings. The van der Waals surface area contributed by atoms with Gasteiger partial charge in [0, 0.05) is 32.7 Å². The molecule has 0 fully saturated rings. The number of benzene rings is 3. The molecule has 0 saturated carbocycles. The molecule has 0 atom stereocenters. The first-order chi connectivity index (χ1) is 18.5. The smallest absolute Gasteiger partial charge is 0.264 e. The Hall–Kier alpha value is -3.01. The number of rotatable bonds is 8. The second kappa shape index (κ2) is 12.0. The third-order valence-corrected chi connectivity index (χ3v) is 8.81. The third kappa shape index (κ3) is 6.42. The molecule has 0 aliphatic heterocycles. The second-order valence-electron chi connectivity index (χ2n) is 8.48. The number of nitrogens with zero attached hydrogens (tertiary/aromatic N) is 3. The number of aryl methyl sites for hydroxylation is 1. The van der Waals surface area contributed by atoms with Crippen LogP contribution in [0.25, 0.3) is 5.69 Å². The van der Waals surface area contributed by atoms with Crippen molar-refractivity contribution in [3.05, 3.63) is 110 Å².